The third kappa shape index (κ3) is 2.87. The summed E-state index contributed by atoms with van der Waals surface area (Å²) in [6, 6.07) is 7.17. The van der Waals surface area contributed by atoms with Gasteiger partial charge in [-0.3, -0.25) is 4.79 Å². The Hall–Kier alpha value is -1.10. The number of ether oxygens (including phenoxy) is 1. The number of carbonyl (C=O) groups is 1. The summed E-state index contributed by atoms with van der Waals surface area (Å²) in [6.45, 7) is 4.53. The van der Waals surface area contributed by atoms with E-state index in [1.165, 1.54) is 0 Å². The van der Waals surface area contributed by atoms with Crippen LogP contribution in [-0.4, -0.2) is 62.7 Å². The molecule has 1 aromatic carbocycles. The number of rotatable bonds is 3. The summed E-state index contributed by atoms with van der Waals surface area (Å²) in [7, 11) is 3.92. The molecule has 5 heteroatoms. The molecule has 1 spiro atoms. The topological polar surface area (TPSA) is 32.8 Å². The minimum Gasteiger partial charge on any atom is -0.384 e. The fourth-order valence-corrected chi connectivity index (χ4v) is 4.16. The summed E-state index contributed by atoms with van der Waals surface area (Å²) in [5.41, 5.74) is 0.906. The lowest BCUT2D eigenvalue weighted by Gasteiger charge is -2.30. The third-order valence-electron chi connectivity index (χ3n) is 5.11. The average Bonchev–Trinajstić information content (AvgIpc) is 3.04. The molecule has 2 heterocycles. The van der Waals surface area contributed by atoms with Crippen molar-refractivity contribution in [2.24, 2.45) is 11.3 Å². The highest BCUT2D eigenvalue weighted by atomic mass is 35.5. The first-order valence-electron chi connectivity index (χ1n) is 7.76. The molecule has 0 aromatic heterocycles. The molecule has 22 heavy (non-hydrogen) atoms. The van der Waals surface area contributed by atoms with Crippen LogP contribution in [0.5, 0.6) is 0 Å². The Labute approximate surface area is 137 Å². The predicted molar refractivity (Wildman–Crippen MR) is 87.3 cm³/mol. The molecule has 0 saturated carbocycles. The highest BCUT2D eigenvalue weighted by Crippen LogP contribution is 2.43. The maximum Gasteiger partial charge on any atom is 0.253 e. The van der Waals surface area contributed by atoms with E-state index in [1.807, 2.05) is 17.0 Å². The summed E-state index contributed by atoms with van der Waals surface area (Å²) in [5.74, 6) is 0.616. The first kappa shape index (κ1) is 15.8. The third-order valence-corrected chi connectivity index (χ3v) is 5.37. The summed E-state index contributed by atoms with van der Waals surface area (Å²) in [6.07, 6.45) is 1.06. The lowest BCUT2D eigenvalue weighted by molar-refractivity contribution is 0.0716. The van der Waals surface area contributed by atoms with Crippen LogP contribution in [-0.2, 0) is 4.74 Å². The number of carbonyl (C=O) groups excluding carboxylic acids is 1. The van der Waals surface area contributed by atoms with Crippen molar-refractivity contribution in [2.75, 3.05) is 46.9 Å². The maximum atomic E-state index is 12.7. The zero-order valence-electron chi connectivity index (χ0n) is 13.2. The van der Waals surface area contributed by atoms with Crippen LogP contribution >= 0.6 is 11.6 Å². The Kier molecular flexibility index (Phi) is 4.44. The van der Waals surface area contributed by atoms with Crippen LogP contribution < -0.4 is 0 Å². The van der Waals surface area contributed by atoms with Crippen LogP contribution in [0.15, 0.2) is 24.3 Å². The van der Waals surface area contributed by atoms with Gasteiger partial charge >= 0.3 is 0 Å². The number of hydrogen-bond donors (Lipinski definition) is 0. The van der Waals surface area contributed by atoms with Gasteiger partial charge in [0.25, 0.3) is 5.91 Å². The molecule has 2 atom stereocenters. The first-order valence-corrected chi connectivity index (χ1v) is 8.14. The van der Waals surface area contributed by atoms with Gasteiger partial charge in [-0.1, -0.05) is 11.6 Å². The SMILES string of the molecule is COC[C@H]1CN(C)C[C@]12CCN(C(=O)c1ccc(Cl)cc1)C2. The summed E-state index contributed by atoms with van der Waals surface area (Å²) >= 11 is 5.90. The second-order valence-electron chi connectivity index (χ2n) is 6.69. The zero-order valence-corrected chi connectivity index (χ0v) is 14.0. The van der Waals surface area contributed by atoms with Crippen molar-refractivity contribution in [3.63, 3.8) is 0 Å². The second-order valence-corrected chi connectivity index (χ2v) is 7.13. The number of benzene rings is 1. The van der Waals surface area contributed by atoms with E-state index in [1.54, 1.807) is 19.2 Å². The van der Waals surface area contributed by atoms with Gasteiger partial charge in [-0.05, 0) is 37.7 Å². The molecule has 2 aliphatic rings. The molecule has 1 aromatic rings. The van der Waals surface area contributed by atoms with E-state index >= 15 is 0 Å². The number of halogens is 1. The van der Waals surface area contributed by atoms with Crippen LogP contribution in [0.25, 0.3) is 0 Å². The van der Waals surface area contributed by atoms with Crippen molar-refractivity contribution in [3.05, 3.63) is 34.9 Å². The monoisotopic (exact) mass is 322 g/mol. The van der Waals surface area contributed by atoms with Crippen molar-refractivity contribution in [2.45, 2.75) is 6.42 Å². The number of hydrogen-bond acceptors (Lipinski definition) is 3. The molecule has 1 amide bonds. The fourth-order valence-electron chi connectivity index (χ4n) is 4.04. The van der Waals surface area contributed by atoms with E-state index < -0.39 is 0 Å². The molecule has 2 saturated heterocycles. The van der Waals surface area contributed by atoms with Gasteiger partial charge in [0.05, 0.1) is 6.61 Å². The number of amides is 1. The highest BCUT2D eigenvalue weighted by Gasteiger charge is 2.50. The average molecular weight is 323 g/mol. The molecule has 2 fully saturated rings. The van der Waals surface area contributed by atoms with Crippen molar-refractivity contribution >= 4 is 17.5 Å². The minimum atomic E-state index is 0.110. The first-order chi connectivity index (χ1) is 10.5. The Morgan fingerprint density at radius 1 is 1.36 bits per heavy atom. The molecular formula is C17H23ClN2O2. The maximum absolute atomic E-state index is 12.7. The Balaban J connectivity index is 1.73. The predicted octanol–water partition coefficient (Wildman–Crippen LogP) is 2.38. The lowest BCUT2D eigenvalue weighted by atomic mass is 9.77. The van der Waals surface area contributed by atoms with Gasteiger partial charge < -0.3 is 14.5 Å². The molecule has 2 aliphatic heterocycles. The standard InChI is InChI=1S/C17H23ClN2O2/c1-19-9-14(10-22-2)17(11-19)7-8-20(12-17)16(21)13-3-5-15(18)6-4-13/h3-6,14H,7-12H2,1-2H3/t14-,17+/m1/s1. The van der Waals surface area contributed by atoms with Gasteiger partial charge in [-0.15, -0.1) is 0 Å². The van der Waals surface area contributed by atoms with Gasteiger partial charge in [-0.2, -0.15) is 0 Å². The van der Waals surface area contributed by atoms with Crippen molar-refractivity contribution < 1.29 is 9.53 Å². The van der Waals surface area contributed by atoms with Crippen LogP contribution in [0.3, 0.4) is 0 Å². The molecule has 0 radical (unpaired) electrons. The smallest absolute Gasteiger partial charge is 0.253 e. The van der Waals surface area contributed by atoms with Gasteiger partial charge in [0, 0.05) is 55.2 Å². The zero-order chi connectivity index (χ0) is 15.7. The van der Waals surface area contributed by atoms with Gasteiger partial charge in [0.15, 0.2) is 0 Å². The molecule has 0 N–H and O–H groups in total. The van der Waals surface area contributed by atoms with Gasteiger partial charge in [0.1, 0.15) is 0 Å². The Morgan fingerprint density at radius 2 is 2.09 bits per heavy atom. The second kappa shape index (κ2) is 6.19. The summed E-state index contributed by atoms with van der Waals surface area (Å²) in [5, 5.41) is 0.659. The van der Waals surface area contributed by atoms with Crippen molar-refractivity contribution in [1.29, 1.82) is 0 Å². The summed E-state index contributed by atoms with van der Waals surface area (Å²) < 4.78 is 5.41. The molecular weight excluding hydrogens is 300 g/mol. The van der Waals surface area contributed by atoms with E-state index in [0.29, 0.717) is 10.9 Å². The normalized spacial score (nSPS) is 28.7. The van der Waals surface area contributed by atoms with E-state index in [9.17, 15) is 4.79 Å². The van der Waals surface area contributed by atoms with E-state index in [2.05, 4.69) is 11.9 Å². The highest BCUT2D eigenvalue weighted by molar-refractivity contribution is 6.30. The Bertz CT molecular complexity index is 548. The molecule has 0 unspecified atom stereocenters. The summed E-state index contributed by atoms with van der Waals surface area (Å²) in [4.78, 5) is 17.0. The van der Waals surface area contributed by atoms with E-state index in [4.69, 9.17) is 16.3 Å². The number of likely N-dealkylation sites (tertiary alicyclic amines) is 2. The number of methoxy groups -OCH3 is 1. The van der Waals surface area contributed by atoms with E-state index in [0.717, 1.165) is 44.8 Å². The molecule has 0 bridgehead atoms. The molecule has 3 rings (SSSR count). The van der Waals surface area contributed by atoms with Crippen LogP contribution in [0.2, 0.25) is 5.02 Å². The molecule has 4 nitrogen and oxygen atoms in total. The van der Waals surface area contributed by atoms with Crippen molar-refractivity contribution in [3.8, 4) is 0 Å². The Morgan fingerprint density at radius 3 is 2.77 bits per heavy atom. The molecule has 120 valence electrons. The van der Waals surface area contributed by atoms with Crippen LogP contribution in [0.4, 0.5) is 0 Å². The van der Waals surface area contributed by atoms with Crippen molar-refractivity contribution in [1.82, 2.24) is 9.80 Å². The van der Waals surface area contributed by atoms with Crippen LogP contribution in [0.1, 0.15) is 16.8 Å². The fraction of sp³-hybridized carbons (Fsp3) is 0.588. The number of nitrogens with zero attached hydrogens (tertiary/aromatic N) is 2. The largest absolute Gasteiger partial charge is 0.384 e. The quantitative estimate of drug-likeness (QED) is 0.856. The molecule has 0 aliphatic carbocycles. The van der Waals surface area contributed by atoms with Crippen LogP contribution in [0, 0.1) is 11.3 Å². The van der Waals surface area contributed by atoms with Gasteiger partial charge in [-0.25, -0.2) is 0 Å². The lowest BCUT2D eigenvalue weighted by Crippen LogP contribution is -2.38. The minimum absolute atomic E-state index is 0.110. The van der Waals surface area contributed by atoms with Gasteiger partial charge in [0.2, 0.25) is 0 Å². The van der Waals surface area contributed by atoms with E-state index in [-0.39, 0.29) is 11.3 Å².